The van der Waals surface area contributed by atoms with Gasteiger partial charge in [-0.2, -0.15) is 13.2 Å². The average molecular weight is 612 g/mol. The molecule has 1 aliphatic heterocycles. The number of amides is 1. The molecule has 0 bridgehead atoms. The largest absolute Gasteiger partial charge is 0.418 e. The van der Waals surface area contributed by atoms with Gasteiger partial charge in [-0.25, -0.2) is 0 Å². The highest BCUT2D eigenvalue weighted by Crippen LogP contribution is 2.45. The molecule has 0 aliphatic carbocycles. The molecule has 0 saturated carbocycles. The number of hydrogen-bond acceptors (Lipinski definition) is 3. The number of anilines is 2. The van der Waals surface area contributed by atoms with E-state index in [2.05, 4.69) is 15.6 Å². The van der Waals surface area contributed by atoms with Crippen molar-refractivity contribution in [1.29, 1.82) is 0 Å². The van der Waals surface area contributed by atoms with Crippen molar-refractivity contribution in [3.63, 3.8) is 0 Å². The summed E-state index contributed by atoms with van der Waals surface area (Å²) in [7, 11) is 0. The van der Waals surface area contributed by atoms with E-state index in [0.717, 1.165) is 17.3 Å². The Balaban J connectivity index is 1.65. The highest BCUT2D eigenvalue weighted by Gasteiger charge is 2.43. The van der Waals surface area contributed by atoms with Crippen LogP contribution in [0.4, 0.5) is 24.5 Å². The van der Waals surface area contributed by atoms with Gasteiger partial charge in [0.1, 0.15) is 0 Å². The van der Waals surface area contributed by atoms with Crippen molar-refractivity contribution >= 4 is 46.2 Å². The zero-order valence-corrected chi connectivity index (χ0v) is 24.9. The number of carbonyl (C=O) groups excluding carboxylic acids is 1. The van der Waals surface area contributed by atoms with Gasteiger partial charge in [-0.1, -0.05) is 43.6 Å². The second kappa shape index (κ2) is 11.4. The highest BCUT2D eigenvalue weighted by molar-refractivity contribution is 7.80. The van der Waals surface area contributed by atoms with Gasteiger partial charge in [0.25, 0.3) is 0 Å². The smallest absolute Gasteiger partial charge is 0.351 e. The van der Waals surface area contributed by atoms with Crippen molar-refractivity contribution < 1.29 is 18.0 Å². The average Bonchev–Trinajstić information content (AvgIpc) is 3.44. The Hall–Kier alpha value is -3.89. The number of hydrogen-bond donors (Lipinski definition) is 2. The molecule has 1 amide bonds. The maximum atomic E-state index is 14.0. The van der Waals surface area contributed by atoms with Gasteiger partial charge in [-0.15, -0.1) is 0 Å². The lowest BCUT2D eigenvalue weighted by molar-refractivity contribution is -0.137. The lowest BCUT2D eigenvalue weighted by atomic mass is 9.96. The van der Waals surface area contributed by atoms with E-state index in [4.69, 9.17) is 23.8 Å². The van der Waals surface area contributed by atoms with Crippen LogP contribution >= 0.6 is 23.8 Å². The maximum Gasteiger partial charge on any atom is 0.418 e. The first kappa shape index (κ1) is 29.6. The summed E-state index contributed by atoms with van der Waals surface area (Å²) in [6, 6.07) is 17.4. The lowest BCUT2D eigenvalue weighted by Crippen LogP contribution is -2.29. The van der Waals surface area contributed by atoms with Crippen LogP contribution in [0, 0.1) is 19.8 Å². The molecule has 2 atom stereocenters. The van der Waals surface area contributed by atoms with E-state index in [1.807, 2.05) is 42.2 Å². The van der Waals surface area contributed by atoms with Crippen LogP contribution in [0.3, 0.4) is 0 Å². The quantitative estimate of drug-likeness (QED) is 0.217. The lowest BCUT2D eigenvalue weighted by Gasteiger charge is -2.29. The molecule has 1 fully saturated rings. The SMILES string of the molecule is Cc1cc([C@H]2[C@@H](c3ccccn3)NC(=S)N2c2ccc(NC(=O)C(C)C)c(Cl)c2)c(C)n1-c1ccccc1C(F)(F)F. The topological polar surface area (TPSA) is 62.2 Å². The Kier molecular flexibility index (Phi) is 8.04. The van der Waals surface area contributed by atoms with Gasteiger partial charge in [0.15, 0.2) is 5.11 Å². The highest BCUT2D eigenvalue weighted by atomic mass is 35.5. The number of carbonyl (C=O) groups is 1. The third kappa shape index (κ3) is 5.48. The zero-order chi connectivity index (χ0) is 30.3. The monoisotopic (exact) mass is 611 g/mol. The molecule has 2 N–H and O–H groups in total. The number of para-hydroxylation sites is 1. The molecule has 4 aromatic rings. The molecule has 1 saturated heterocycles. The number of halogens is 4. The third-order valence-electron chi connectivity index (χ3n) is 7.35. The van der Waals surface area contributed by atoms with Crippen molar-refractivity contribution in [2.45, 2.75) is 46.0 Å². The van der Waals surface area contributed by atoms with Crippen molar-refractivity contribution in [3.05, 3.63) is 106 Å². The Bertz CT molecular complexity index is 1650. The van der Waals surface area contributed by atoms with Gasteiger partial charge >= 0.3 is 6.18 Å². The number of nitrogens with zero attached hydrogens (tertiary/aromatic N) is 3. The van der Waals surface area contributed by atoms with Crippen LogP contribution in [0.25, 0.3) is 5.69 Å². The number of rotatable bonds is 6. The van der Waals surface area contributed by atoms with Gasteiger partial charge in [-0.05, 0) is 80.2 Å². The molecule has 0 radical (unpaired) electrons. The number of nitrogens with one attached hydrogen (secondary N) is 2. The van der Waals surface area contributed by atoms with E-state index in [0.29, 0.717) is 32.9 Å². The summed E-state index contributed by atoms with van der Waals surface area (Å²) in [5.74, 6) is -0.389. The fraction of sp³-hybridized carbons (Fsp3) is 0.258. The molecule has 2 aromatic carbocycles. The summed E-state index contributed by atoms with van der Waals surface area (Å²) in [6.07, 6.45) is -2.84. The summed E-state index contributed by atoms with van der Waals surface area (Å²) in [6.45, 7) is 7.17. The summed E-state index contributed by atoms with van der Waals surface area (Å²) in [5.41, 5.74) is 3.23. The van der Waals surface area contributed by atoms with E-state index in [9.17, 15) is 18.0 Å². The number of thiocarbonyl (C=S) groups is 1. The van der Waals surface area contributed by atoms with Crippen LogP contribution in [0.1, 0.15) is 54.1 Å². The van der Waals surface area contributed by atoms with Gasteiger partial charge in [-0.3, -0.25) is 9.78 Å². The molecule has 5 rings (SSSR count). The fourth-order valence-corrected chi connectivity index (χ4v) is 5.92. The minimum Gasteiger partial charge on any atom is -0.351 e. The summed E-state index contributed by atoms with van der Waals surface area (Å²) >= 11 is 12.4. The molecule has 0 unspecified atom stereocenters. The first-order valence-electron chi connectivity index (χ1n) is 13.3. The third-order valence-corrected chi connectivity index (χ3v) is 7.98. The summed E-state index contributed by atoms with van der Waals surface area (Å²) < 4.78 is 43.7. The molecule has 6 nitrogen and oxygen atoms in total. The molecule has 42 heavy (non-hydrogen) atoms. The number of pyridine rings is 1. The second-order valence-corrected chi connectivity index (χ2v) is 11.3. The molecule has 3 heterocycles. The number of benzene rings is 2. The van der Waals surface area contributed by atoms with Crippen LogP contribution in [0.2, 0.25) is 5.02 Å². The fourth-order valence-electron chi connectivity index (χ4n) is 5.35. The van der Waals surface area contributed by atoms with Gasteiger partial charge < -0.3 is 20.1 Å². The molecular weight excluding hydrogens is 583 g/mol. The maximum absolute atomic E-state index is 14.0. The minimum absolute atomic E-state index is 0.0500. The van der Waals surface area contributed by atoms with E-state index in [-0.39, 0.29) is 17.5 Å². The summed E-state index contributed by atoms with van der Waals surface area (Å²) in [4.78, 5) is 18.7. The van der Waals surface area contributed by atoms with E-state index < -0.39 is 23.8 Å². The first-order chi connectivity index (χ1) is 19.9. The molecule has 218 valence electrons. The van der Waals surface area contributed by atoms with Crippen LogP contribution in [-0.4, -0.2) is 20.6 Å². The molecule has 11 heteroatoms. The number of aromatic nitrogens is 2. The molecule has 0 spiro atoms. The molecule has 1 aliphatic rings. The normalized spacial score (nSPS) is 17.1. The van der Waals surface area contributed by atoms with Gasteiger partial charge in [0, 0.05) is 29.2 Å². The first-order valence-corrected chi connectivity index (χ1v) is 14.1. The van der Waals surface area contributed by atoms with Crippen LogP contribution < -0.4 is 15.5 Å². The predicted octanol–water partition coefficient (Wildman–Crippen LogP) is 7.93. The van der Waals surface area contributed by atoms with E-state index >= 15 is 0 Å². The standard InChI is InChI=1S/C31H29ClF3N5OS/c1-17(2)29(41)37-24-13-12-20(16-23(24)32)40-28(27(38-30(40)42)25-10-7-8-14-36-25)21-15-18(3)39(19(21)4)26-11-6-5-9-22(26)31(33,34)35/h5-17,27-28H,1-4H3,(H,37,41)(H,38,42)/t27-,28+/m1/s1. The van der Waals surface area contributed by atoms with Crippen LogP contribution in [-0.2, 0) is 11.0 Å². The van der Waals surface area contributed by atoms with Crippen LogP contribution in [0.5, 0.6) is 0 Å². The Morgan fingerprint density at radius 1 is 1.07 bits per heavy atom. The van der Waals surface area contributed by atoms with Crippen molar-refractivity contribution in [3.8, 4) is 5.69 Å². The number of aryl methyl sites for hydroxylation is 1. The second-order valence-electron chi connectivity index (χ2n) is 10.5. The predicted molar refractivity (Wildman–Crippen MR) is 163 cm³/mol. The number of alkyl halides is 3. The van der Waals surface area contributed by atoms with Gasteiger partial charge in [0.2, 0.25) is 5.91 Å². The van der Waals surface area contributed by atoms with E-state index in [1.54, 1.807) is 49.7 Å². The van der Waals surface area contributed by atoms with E-state index in [1.165, 1.54) is 12.1 Å². The van der Waals surface area contributed by atoms with Crippen molar-refractivity contribution in [2.24, 2.45) is 5.92 Å². The molecule has 2 aromatic heterocycles. The summed E-state index contributed by atoms with van der Waals surface area (Å²) in [5, 5.41) is 6.94. The zero-order valence-electron chi connectivity index (χ0n) is 23.3. The Morgan fingerprint density at radius 2 is 1.79 bits per heavy atom. The Morgan fingerprint density at radius 3 is 2.43 bits per heavy atom. The Labute approximate surface area is 252 Å². The van der Waals surface area contributed by atoms with Gasteiger partial charge in [0.05, 0.1) is 39.7 Å². The minimum atomic E-state index is -4.53. The van der Waals surface area contributed by atoms with Crippen LogP contribution in [0.15, 0.2) is 72.9 Å². The van der Waals surface area contributed by atoms with Crippen molar-refractivity contribution in [2.75, 3.05) is 10.2 Å². The van der Waals surface area contributed by atoms with Crippen molar-refractivity contribution in [1.82, 2.24) is 14.9 Å². The molecular formula is C31H29ClF3N5OS.